The minimum absolute atomic E-state index is 0.0113. The maximum atomic E-state index is 11.4. The van der Waals surface area contributed by atoms with E-state index in [4.69, 9.17) is 15.1 Å². The summed E-state index contributed by atoms with van der Waals surface area (Å²) in [6, 6.07) is 6.92. The molecule has 1 aromatic carbocycles. The molecule has 18 heavy (non-hydrogen) atoms. The first kappa shape index (κ1) is 14.2. The molecular weight excluding hydrogens is 232 g/mol. The van der Waals surface area contributed by atoms with Gasteiger partial charge in [-0.25, -0.2) is 0 Å². The Kier molecular flexibility index (Phi) is 5.85. The van der Waals surface area contributed by atoms with Crippen LogP contribution in [-0.4, -0.2) is 37.3 Å². The standard InChI is InChI=1S/C13H16N2O3/c1-10(17)12-3-2-11(9-14)8-13(12)15-4-6-18-7-5-16/h2-3,8,15-16H,4-7H2,1H3. The van der Waals surface area contributed by atoms with Crippen molar-refractivity contribution >= 4 is 11.5 Å². The van der Waals surface area contributed by atoms with Gasteiger partial charge in [-0.2, -0.15) is 5.26 Å². The second-order valence-electron chi connectivity index (χ2n) is 3.69. The first-order valence-electron chi connectivity index (χ1n) is 5.66. The highest BCUT2D eigenvalue weighted by molar-refractivity contribution is 5.99. The van der Waals surface area contributed by atoms with E-state index in [-0.39, 0.29) is 12.4 Å². The first-order chi connectivity index (χ1) is 8.69. The number of hydrogen-bond acceptors (Lipinski definition) is 5. The lowest BCUT2D eigenvalue weighted by atomic mass is 10.1. The number of aliphatic hydroxyl groups excluding tert-OH is 1. The zero-order valence-corrected chi connectivity index (χ0v) is 10.3. The van der Waals surface area contributed by atoms with E-state index in [1.807, 2.05) is 6.07 Å². The van der Waals surface area contributed by atoms with Crippen molar-refractivity contribution < 1.29 is 14.6 Å². The summed E-state index contributed by atoms with van der Waals surface area (Å²) in [5.74, 6) is -0.0572. The van der Waals surface area contributed by atoms with Gasteiger partial charge >= 0.3 is 0 Å². The Bertz CT molecular complexity index is 452. The maximum absolute atomic E-state index is 11.4. The Morgan fingerprint density at radius 1 is 1.50 bits per heavy atom. The second-order valence-corrected chi connectivity index (χ2v) is 3.69. The van der Waals surface area contributed by atoms with E-state index >= 15 is 0 Å². The normalized spacial score (nSPS) is 9.83. The van der Waals surface area contributed by atoms with Crippen LogP contribution in [0.15, 0.2) is 18.2 Å². The molecule has 2 N–H and O–H groups in total. The summed E-state index contributed by atoms with van der Waals surface area (Å²) in [5, 5.41) is 20.4. The molecule has 96 valence electrons. The zero-order chi connectivity index (χ0) is 13.4. The Morgan fingerprint density at radius 2 is 2.28 bits per heavy atom. The van der Waals surface area contributed by atoms with Crippen LogP contribution < -0.4 is 5.32 Å². The number of Topliss-reactive ketones (excluding diaryl/α,β-unsaturated/α-hetero) is 1. The third-order valence-corrected chi connectivity index (χ3v) is 2.33. The minimum Gasteiger partial charge on any atom is -0.394 e. The van der Waals surface area contributed by atoms with E-state index in [0.29, 0.717) is 36.6 Å². The molecule has 0 bridgehead atoms. The lowest BCUT2D eigenvalue weighted by molar-refractivity contribution is 0.0990. The van der Waals surface area contributed by atoms with Gasteiger partial charge in [0.2, 0.25) is 0 Å². The molecule has 5 heteroatoms. The van der Waals surface area contributed by atoms with Gasteiger partial charge in [0, 0.05) is 17.8 Å². The highest BCUT2D eigenvalue weighted by Crippen LogP contribution is 2.17. The van der Waals surface area contributed by atoms with Crippen molar-refractivity contribution in [3.63, 3.8) is 0 Å². The van der Waals surface area contributed by atoms with Crippen molar-refractivity contribution in [1.29, 1.82) is 5.26 Å². The summed E-state index contributed by atoms with van der Waals surface area (Å²) in [6.07, 6.45) is 0. The molecule has 0 unspecified atom stereocenters. The Labute approximate surface area is 106 Å². The number of rotatable bonds is 7. The van der Waals surface area contributed by atoms with Crippen LogP contribution >= 0.6 is 0 Å². The molecule has 0 radical (unpaired) electrons. The molecule has 0 fully saturated rings. The SMILES string of the molecule is CC(=O)c1ccc(C#N)cc1NCCOCCO. The van der Waals surface area contributed by atoms with Crippen molar-refractivity contribution in [3.05, 3.63) is 29.3 Å². The molecule has 0 aliphatic heterocycles. The predicted octanol–water partition coefficient (Wildman–Crippen LogP) is 1.18. The topological polar surface area (TPSA) is 82.4 Å². The quantitative estimate of drug-likeness (QED) is 0.559. The fourth-order valence-corrected chi connectivity index (χ4v) is 1.49. The van der Waals surface area contributed by atoms with Crippen molar-refractivity contribution in [2.24, 2.45) is 0 Å². The number of ether oxygens (including phenoxy) is 1. The third kappa shape index (κ3) is 4.17. The molecule has 0 amide bonds. The Hall–Kier alpha value is -1.90. The third-order valence-electron chi connectivity index (χ3n) is 2.33. The lowest BCUT2D eigenvalue weighted by Crippen LogP contribution is -2.13. The van der Waals surface area contributed by atoms with E-state index < -0.39 is 0 Å². The van der Waals surface area contributed by atoms with Gasteiger partial charge in [-0.1, -0.05) is 0 Å². The van der Waals surface area contributed by atoms with E-state index in [2.05, 4.69) is 5.32 Å². The van der Waals surface area contributed by atoms with Crippen LogP contribution in [0, 0.1) is 11.3 Å². The van der Waals surface area contributed by atoms with Crippen LogP contribution in [0.3, 0.4) is 0 Å². The molecule has 0 aliphatic carbocycles. The number of benzene rings is 1. The molecule has 5 nitrogen and oxygen atoms in total. The zero-order valence-electron chi connectivity index (χ0n) is 10.3. The summed E-state index contributed by atoms with van der Waals surface area (Å²) >= 11 is 0. The first-order valence-corrected chi connectivity index (χ1v) is 5.66. The van der Waals surface area contributed by atoms with Gasteiger partial charge in [0.15, 0.2) is 5.78 Å². The van der Waals surface area contributed by atoms with E-state index in [1.165, 1.54) is 6.92 Å². The molecule has 0 heterocycles. The highest BCUT2D eigenvalue weighted by atomic mass is 16.5. The maximum Gasteiger partial charge on any atom is 0.161 e. The summed E-state index contributed by atoms with van der Waals surface area (Å²) in [6.45, 7) is 2.70. The van der Waals surface area contributed by atoms with Crippen LogP contribution in [0.5, 0.6) is 0 Å². The highest BCUT2D eigenvalue weighted by Gasteiger charge is 2.07. The predicted molar refractivity (Wildman–Crippen MR) is 67.6 cm³/mol. The summed E-state index contributed by atoms with van der Waals surface area (Å²) in [7, 11) is 0. The molecular formula is C13H16N2O3. The summed E-state index contributed by atoms with van der Waals surface area (Å²) in [4.78, 5) is 11.4. The molecule has 0 aliphatic rings. The van der Waals surface area contributed by atoms with E-state index in [9.17, 15) is 4.79 Å². The number of carbonyl (C=O) groups is 1. The van der Waals surface area contributed by atoms with Gasteiger partial charge in [-0.3, -0.25) is 4.79 Å². The number of aliphatic hydroxyl groups is 1. The van der Waals surface area contributed by atoms with Crippen LogP contribution in [0.4, 0.5) is 5.69 Å². The average Bonchev–Trinajstić information content (AvgIpc) is 2.38. The number of hydrogen-bond donors (Lipinski definition) is 2. The summed E-state index contributed by atoms with van der Waals surface area (Å²) in [5.41, 5.74) is 1.68. The fourth-order valence-electron chi connectivity index (χ4n) is 1.49. The number of anilines is 1. The van der Waals surface area contributed by atoms with Crippen LogP contribution in [0.1, 0.15) is 22.8 Å². The smallest absolute Gasteiger partial charge is 0.161 e. The fraction of sp³-hybridized carbons (Fsp3) is 0.385. The Balaban J connectivity index is 2.67. The van der Waals surface area contributed by atoms with Crippen LogP contribution in [-0.2, 0) is 4.74 Å². The number of nitriles is 1. The Morgan fingerprint density at radius 3 is 2.89 bits per heavy atom. The molecule has 0 aromatic heterocycles. The molecule has 0 saturated carbocycles. The van der Waals surface area contributed by atoms with E-state index in [1.54, 1.807) is 18.2 Å². The van der Waals surface area contributed by atoms with Crippen molar-refractivity contribution in [1.82, 2.24) is 0 Å². The number of ketones is 1. The molecule has 0 spiro atoms. The monoisotopic (exact) mass is 248 g/mol. The molecule has 0 atom stereocenters. The molecule has 0 saturated heterocycles. The van der Waals surface area contributed by atoms with Crippen molar-refractivity contribution in [2.75, 3.05) is 31.7 Å². The number of nitrogens with zero attached hydrogens (tertiary/aromatic N) is 1. The van der Waals surface area contributed by atoms with Crippen LogP contribution in [0.2, 0.25) is 0 Å². The van der Waals surface area contributed by atoms with Gasteiger partial charge in [0.05, 0.1) is 31.5 Å². The van der Waals surface area contributed by atoms with Crippen LogP contribution in [0.25, 0.3) is 0 Å². The van der Waals surface area contributed by atoms with Gasteiger partial charge in [-0.15, -0.1) is 0 Å². The molecule has 1 rings (SSSR count). The minimum atomic E-state index is -0.0572. The largest absolute Gasteiger partial charge is 0.394 e. The van der Waals surface area contributed by atoms with Crippen molar-refractivity contribution in [3.8, 4) is 6.07 Å². The van der Waals surface area contributed by atoms with Gasteiger partial charge in [0.1, 0.15) is 0 Å². The van der Waals surface area contributed by atoms with Crippen molar-refractivity contribution in [2.45, 2.75) is 6.92 Å². The average molecular weight is 248 g/mol. The summed E-state index contributed by atoms with van der Waals surface area (Å²) < 4.78 is 5.10. The van der Waals surface area contributed by atoms with E-state index in [0.717, 1.165) is 0 Å². The lowest BCUT2D eigenvalue weighted by Gasteiger charge is -2.10. The molecule has 1 aromatic rings. The van der Waals surface area contributed by atoms with Gasteiger partial charge < -0.3 is 15.2 Å². The van der Waals surface area contributed by atoms with Gasteiger partial charge in [0.25, 0.3) is 0 Å². The number of nitrogens with one attached hydrogen (secondary N) is 1. The number of carbonyl (C=O) groups excluding carboxylic acids is 1. The second kappa shape index (κ2) is 7.43. The van der Waals surface area contributed by atoms with Gasteiger partial charge in [-0.05, 0) is 25.1 Å².